The van der Waals surface area contributed by atoms with Gasteiger partial charge in [-0.05, 0) is 43.2 Å². The molecule has 1 heterocycles. The van der Waals surface area contributed by atoms with E-state index in [1.165, 1.54) is 32.1 Å². The van der Waals surface area contributed by atoms with E-state index in [4.69, 9.17) is 0 Å². The summed E-state index contributed by atoms with van der Waals surface area (Å²) in [6, 6.07) is 8.83. The molecule has 110 valence electrons. The lowest BCUT2D eigenvalue weighted by molar-refractivity contribution is 0.102. The third kappa shape index (κ3) is 2.63. The van der Waals surface area contributed by atoms with Crippen molar-refractivity contribution in [2.45, 2.75) is 49.8 Å². The highest BCUT2D eigenvalue weighted by molar-refractivity contribution is 7.89. The van der Waals surface area contributed by atoms with Crippen molar-refractivity contribution in [2.24, 2.45) is 5.41 Å². The Morgan fingerprint density at radius 2 is 1.45 bits per heavy atom. The van der Waals surface area contributed by atoms with Gasteiger partial charge in [-0.2, -0.15) is 4.31 Å². The molecule has 0 unspecified atom stereocenters. The third-order valence-electron chi connectivity index (χ3n) is 5.08. The highest BCUT2D eigenvalue weighted by Crippen LogP contribution is 2.45. The average molecular weight is 293 g/mol. The Balaban J connectivity index is 1.72. The van der Waals surface area contributed by atoms with Crippen LogP contribution in [0, 0.1) is 5.41 Å². The molecule has 1 aliphatic carbocycles. The van der Waals surface area contributed by atoms with E-state index in [9.17, 15) is 8.42 Å². The molecular formula is C16H23NO2S. The van der Waals surface area contributed by atoms with Crippen molar-refractivity contribution in [2.75, 3.05) is 13.1 Å². The molecule has 3 rings (SSSR count). The fraction of sp³-hybridized carbons (Fsp3) is 0.625. The van der Waals surface area contributed by atoms with E-state index in [0.29, 0.717) is 23.4 Å². The Kier molecular flexibility index (Phi) is 3.87. The maximum atomic E-state index is 12.6. The molecule has 1 saturated carbocycles. The zero-order valence-electron chi connectivity index (χ0n) is 11.9. The fourth-order valence-corrected chi connectivity index (χ4v) is 5.21. The fourth-order valence-electron chi connectivity index (χ4n) is 3.74. The van der Waals surface area contributed by atoms with Crippen LogP contribution in [-0.4, -0.2) is 25.8 Å². The van der Waals surface area contributed by atoms with Crippen LogP contribution in [0.1, 0.15) is 44.9 Å². The van der Waals surface area contributed by atoms with Gasteiger partial charge in [0, 0.05) is 13.1 Å². The Bertz CT molecular complexity index is 537. The third-order valence-corrected chi connectivity index (χ3v) is 6.99. The highest BCUT2D eigenvalue weighted by Gasteiger charge is 2.38. The quantitative estimate of drug-likeness (QED) is 0.838. The van der Waals surface area contributed by atoms with Gasteiger partial charge in [0.1, 0.15) is 0 Å². The number of nitrogens with zero attached hydrogens (tertiary/aromatic N) is 1. The average Bonchev–Trinajstić information content (AvgIpc) is 2.49. The standard InChI is InChI=1S/C16H23NO2S/c18-20(19,15-7-3-1-4-8-15)17-13-11-16(12-14-17)9-5-2-6-10-16/h1,3-4,7-8H,2,5-6,9-14H2. The lowest BCUT2D eigenvalue weighted by Crippen LogP contribution is -2.43. The Labute approximate surface area is 122 Å². The molecule has 1 spiro atoms. The first kappa shape index (κ1) is 14.1. The van der Waals surface area contributed by atoms with Crippen LogP contribution in [0.15, 0.2) is 35.2 Å². The number of rotatable bonds is 2. The van der Waals surface area contributed by atoms with E-state index >= 15 is 0 Å². The zero-order valence-corrected chi connectivity index (χ0v) is 12.7. The Hall–Kier alpha value is -0.870. The van der Waals surface area contributed by atoms with Crippen LogP contribution in [0.3, 0.4) is 0 Å². The highest BCUT2D eigenvalue weighted by atomic mass is 32.2. The molecular weight excluding hydrogens is 270 g/mol. The molecule has 1 aromatic rings. The molecule has 3 nitrogen and oxygen atoms in total. The van der Waals surface area contributed by atoms with Crippen LogP contribution < -0.4 is 0 Å². The summed E-state index contributed by atoms with van der Waals surface area (Å²) in [4.78, 5) is 0.430. The summed E-state index contributed by atoms with van der Waals surface area (Å²) < 4.78 is 26.9. The second-order valence-corrected chi connectivity index (χ2v) is 8.22. The second-order valence-electron chi connectivity index (χ2n) is 6.28. The number of piperidine rings is 1. The van der Waals surface area contributed by atoms with Gasteiger partial charge in [0.25, 0.3) is 0 Å². The number of hydrogen-bond donors (Lipinski definition) is 0. The topological polar surface area (TPSA) is 37.4 Å². The SMILES string of the molecule is O=S(=O)(c1ccccc1)N1CCC2(CCCCC2)CC1. The molecule has 2 aliphatic rings. The minimum Gasteiger partial charge on any atom is -0.207 e. The van der Waals surface area contributed by atoms with Crippen molar-refractivity contribution < 1.29 is 8.42 Å². The molecule has 0 atom stereocenters. The molecule has 1 aliphatic heterocycles. The summed E-state index contributed by atoms with van der Waals surface area (Å²) in [6.07, 6.45) is 8.68. The largest absolute Gasteiger partial charge is 0.243 e. The summed E-state index contributed by atoms with van der Waals surface area (Å²) in [7, 11) is -3.28. The van der Waals surface area contributed by atoms with Crippen LogP contribution in [0.5, 0.6) is 0 Å². The molecule has 0 amide bonds. The molecule has 0 radical (unpaired) electrons. The first-order valence-electron chi connectivity index (χ1n) is 7.68. The van der Waals surface area contributed by atoms with Gasteiger partial charge in [-0.3, -0.25) is 0 Å². The van der Waals surface area contributed by atoms with Gasteiger partial charge >= 0.3 is 0 Å². The molecule has 1 aromatic carbocycles. The summed E-state index contributed by atoms with van der Waals surface area (Å²) in [6.45, 7) is 1.38. The second kappa shape index (κ2) is 5.49. The van der Waals surface area contributed by atoms with E-state index in [1.54, 1.807) is 28.6 Å². The van der Waals surface area contributed by atoms with Gasteiger partial charge in [0.05, 0.1) is 4.90 Å². The maximum absolute atomic E-state index is 12.6. The predicted molar refractivity (Wildman–Crippen MR) is 80.0 cm³/mol. The van der Waals surface area contributed by atoms with Crippen molar-refractivity contribution in [3.05, 3.63) is 30.3 Å². The molecule has 4 heteroatoms. The molecule has 0 N–H and O–H groups in total. The van der Waals surface area contributed by atoms with Crippen LogP contribution in [0.25, 0.3) is 0 Å². The van der Waals surface area contributed by atoms with Crippen molar-refractivity contribution in [1.82, 2.24) is 4.31 Å². The van der Waals surface area contributed by atoms with Crippen molar-refractivity contribution in [3.8, 4) is 0 Å². The van der Waals surface area contributed by atoms with E-state index in [1.807, 2.05) is 6.07 Å². The van der Waals surface area contributed by atoms with Crippen LogP contribution in [0.2, 0.25) is 0 Å². The molecule has 2 fully saturated rings. The normalized spacial score (nSPS) is 23.8. The van der Waals surface area contributed by atoms with Gasteiger partial charge in [-0.1, -0.05) is 37.5 Å². The lowest BCUT2D eigenvalue weighted by Gasteiger charge is -2.43. The zero-order chi connectivity index (χ0) is 14.1. The summed E-state index contributed by atoms with van der Waals surface area (Å²) in [5.41, 5.74) is 0.445. The Morgan fingerprint density at radius 3 is 2.05 bits per heavy atom. The predicted octanol–water partition coefficient (Wildman–Crippen LogP) is 3.42. The monoisotopic (exact) mass is 293 g/mol. The summed E-state index contributed by atoms with van der Waals surface area (Å²) >= 11 is 0. The van der Waals surface area contributed by atoms with Crippen molar-refractivity contribution >= 4 is 10.0 Å². The molecule has 0 aromatic heterocycles. The van der Waals surface area contributed by atoms with Crippen LogP contribution in [0.4, 0.5) is 0 Å². The van der Waals surface area contributed by atoms with Gasteiger partial charge in [0.15, 0.2) is 0 Å². The molecule has 0 bridgehead atoms. The van der Waals surface area contributed by atoms with E-state index in [0.717, 1.165) is 12.8 Å². The van der Waals surface area contributed by atoms with Crippen LogP contribution in [-0.2, 0) is 10.0 Å². The van der Waals surface area contributed by atoms with E-state index in [-0.39, 0.29) is 0 Å². The lowest BCUT2D eigenvalue weighted by atomic mass is 9.68. The first-order chi connectivity index (χ1) is 9.62. The van der Waals surface area contributed by atoms with Crippen molar-refractivity contribution in [3.63, 3.8) is 0 Å². The number of benzene rings is 1. The van der Waals surface area contributed by atoms with Gasteiger partial charge in [0.2, 0.25) is 10.0 Å². The van der Waals surface area contributed by atoms with E-state index < -0.39 is 10.0 Å². The van der Waals surface area contributed by atoms with Crippen molar-refractivity contribution in [1.29, 1.82) is 0 Å². The summed E-state index contributed by atoms with van der Waals surface area (Å²) in [5.74, 6) is 0. The first-order valence-corrected chi connectivity index (χ1v) is 9.12. The van der Waals surface area contributed by atoms with E-state index in [2.05, 4.69) is 0 Å². The van der Waals surface area contributed by atoms with Gasteiger partial charge in [-0.15, -0.1) is 0 Å². The molecule has 1 saturated heterocycles. The smallest absolute Gasteiger partial charge is 0.207 e. The minimum atomic E-state index is -3.28. The van der Waals surface area contributed by atoms with Gasteiger partial charge < -0.3 is 0 Å². The van der Waals surface area contributed by atoms with Crippen LogP contribution >= 0.6 is 0 Å². The number of hydrogen-bond acceptors (Lipinski definition) is 2. The maximum Gasteiger partial charge on any atom is 0.243 e. The summed E-state index contributed by atoms with van der Waals surface area (Å²) in [5, 5.41) is 0. The minimum absolute atomic E-state index is 0.430. The van der Waals surface area contributed by atoms with Gasteiger partial charge in [-0.25, -0.2) is 8.42 Å². The number of sulfonamides is 1. The molecule has 20 heavy (non-hydrogen) atoms. The Morgan fingerprint density at radius 1 is 0.850 bits per heavy atom.